The van der Waals surface area contributed by atoms with Crippen molar-refractivity contribution in [1.29, 1.82) is 0 Å². The highest BCUT2D eigenvalue weighted by atomic mass is 32.2. The van der Waals surface area contributed by atoms with Gasteiger partial charge in [-0.15, -0.1) is 11.3 Å². The first-order chi connectivity index (χ1) is 9.91. The van der Waals surface area contributed by atoms with E-state index in [4.69, 9.17) is 9.47 Å². The molecule has 1 N–H and O–H groups in total. The van der Waals surface area contributed by atoms with Crippen molar-refractivity contribution in [1.82, 2.24) is 4.31 Å². The van der Waals surface area contributed by atoms with Gasteiger partial charge in [0, 0.05) is 19.6 Å². The van der Waals surface area contributed by atoms with Gasteiger partial charge in [0.05, 0.1) is 13.2 Å². The summed E-state index contributed by atoms with van der Waals surface area (Å²) >= 11 is 1.15. The van der Waals surface area contributed by atoms with Gasteiger partial charge in [0.1, 0.15) is 10.9 Å². The highest BCUT2D eigenvalue weighted by Gasteiger charge is 2.45. The van der Waals surface area contributed by atoms with Crippen molar-refractivity contribution in [3.05, 3.63) is 11.4 Å². The zero-order chi connectivity index (χ0) is 15.6. The third kappa shape index (κ3) is 3.05. The number of nitrogens with zero attached hydrogens (tertiary/aromatic N) is 1. The Labute approximate surface area is 127 Å². The normalized spacial score (nSPS) is 23.3. The van der Waals surface area contributed by atoms with E-state index in [2.05, 4.69) is 0 Å². The third-order valence-corrected chi connectivity index (χ3v) is 6.17. The van der Waals surface area contributed by atoms with E-state index >= 15 is 0 Å². The zero-order valence-corrected chi connectivity index (χ0v) is 13.3. The average molecular weight is 335 g/mol. The molecule has 1 aromatic rings. The standard InChI is InChI=1S/C12H17NO6S2/c1-3-19-8-6-9(11(14)15)13(7-8)21(16,17)10-4-5-20-12(10)18-2/h4-5,8-9H,3,6-7H2,1-2H3,(H,14,15)/t8-,9+/m1/s1. The van der Waals surface area contributed by atoms with Crippen molar-refractivity contribution in [2.75, 3.05) is 20.3 Å². The van der Waals surface area contributed by atoms with Crippen LogP contribution in [0.1, 0.15) is 13.3 Å². The molecule has 0 aromatic carbocycles. The lowest BCUT2D eigenvalue weighted by molar-refractivity contribution is -0.140. The lowest BCUT2D eigenvalue weighted by Crippen LogP contribution is -2.40. The fourth-order valence-corrected chi connectivity index (χ4v) is 5.18. The topological polar surface area (TPSA) is 93.1 Å². The molecule has 118 valence electrons. The van der Waals surface area contributed by atoms with E-state index in [1.807, 2.05) is 0 Å². The molecular weight excluding hydrogens is 318 g/mol. The first kappa shape index (κ1) is 16.2. The Morgan fingerprint density at radius 1 is 1.57 bits per heavy atom. The number of hydrogen-bond acceptors (Lipinski definition) is 6. The van der Waals surface area contributed by atoms with Crippen LogP contribution in [-0.2, 0) is 19.6 Å². The van der Waals surface area contributed by atoms with Crippen LogP contribution in [0, 0.1) is 0 Å². The van der Waals surface area contributed by atoms with Crippen LogP contribution >= 0.6 is 11.3 Å². The van der Waals surface area contributed by atoms with E-state index in [0.29, 0.717) is 6.61 Å². The fourth-order valence-electron chi connectivity index (χ4n) is 2.37. The van der Waals surface area contributed by atoms with Crippen LogP contribution in [-0.4, -0.2) is 56.2 Å². The second-order valence-corrected chi connectivity index (χ2v) is 7.26. The summed E-state index contributed by atoms with van der Waals surface area (Å²) in [6.07, 6.45) is -0.259. The van der Waals surface area contributed by atoms with Crippen LogP contribution in [0.25, 0.3) is 0 Å². The van der Waals surface area contributed by atoms with E-state index < -0.39 is 28.1 Å². The lowest BCUT2D eigenvalue weighted by atomic mass is 10.2. The molecule has 9 heteroatoms. The minimum Gasteiger partial charge on any atom is -0.486 e. The Morgan fingerprint density at radius 2 is 2.29 bits per heavy atom. The number of aliphatic carboxylic acids is 1. The number of carboxylic acid groups (broad SMARTS) is 1. The van der Waals surface area contributed by atoms with Crippen molar-refractivity contribution in [2.45, 2.75) is 30.4 Å². The molecule has 1 aliphatic heterocycles. The molecule has 0 radical (unpaired) electrons. The van der Waals surface area contributed by atoms with Crippen LogP contribution in [0.15, 0.2) is 16.3 Å². The Morgan fingerprint density at radius 3 is 2.86 bits per heavy atom. The van der Waals surface area contributed by atoms with Crippen molar-refractivity contribution in [3.63, 3.8) is 0 Å². The molecule has 1 saturated heterocycles. The van der Waals surface area contributed by atoms with Crippen molar-refractivity contribution in [2.24, 2.45) is 0 Å². The lowest BCUT2D eigenvalue weighted by Gasteiger charge is -2.20. The number of methoxy groups -OCH3 is 1. The minimum absolute atomic E-state index is 0.00148. The van der Waals surface area contributed by atoms with Crippen LogP contribution in [0.5, 0.6) is 5.06 Å². The number of sulfonamides is 1. The molecule has 0 spiro atoms. The maximum atomic E-state index is 12.7. The summed E-state index contributed by atoms with van der Waals surface area (Å²) in [6, 6.07) is 0.308. The number of rotatable bonds is 6. The van der Waals surface area contributed by atoms with Gasteiger partial charge in [0.25, 0.3) is 0 Å². The summed E-state index contributed by atoms with van der Waals surface area (Å²) in [7, 11) is -2.54. The number of carboxylic acids is 1. The van der Waals surface area contributed by atoms with E-state index in [1.54, 1.807) is 12.3 Å². The largest absolute Gasteiger partial charge is 0.486 e. The molecule has 0 aliphatic carbocycles. The molecule has 2 rings (SSSR count). The van der Waals surface area contributed by atoms with Gasteiger partial charge in [-0.2, -0.15) is 4.31 Å². The van der Waals surface area contributed by atoms with Crippen molar-refractivity contribution in [3.8, 4) is 5.06 Å². The molecule has 0 amide bonds. The highest BCUT2D eigenvalue weighted by molar-refractivity contribution is 7.89. The minimum atomic E-state index is -3.93. The molecule has 0 bridgehead atoms. The molecule has 2 atom stereocenters. The molecule has 0 unspecified atom stereocenters. The van der Waals surface area contributed by atoms with Crippen molar-refractivity contribution < 1.29 is 27.8 Å². The van der Waals surface area contributed by atoms with Gasteiger partial charge in [-0.25, -0.2) is 8.42 Å². The Hall–Kier alpha value is -1.16. The molecule has 1 aromatic heterocycles. The van der Waals surface area contributed by atoms with Gasteiger partial charge < -0.3 is 14.6 Å². The Balaban J connectivity index is 2.35. The predicted octanol–water partition coefficient (Wildman–Crippen LogP) is 1.01. The second-order valence-electron chi connectivity index (χ2n) is 4.52. The van der Waals surface area contributed by atoms with Gasteiger partial charge in [-0.05, 0) is 18.4 Å². The molecule has 1 fully saturated rings. The van der Waals surface area contributed by atoms with Crippen LogP contribution in [0.3, 0.4) is 0 Å². The monoisotopic (exact) mass is 335 g/mol. The number of ether oxygens (including phenoxy) is 2. The van der Waals surface area contributed by atoms with E-state index in [1.165, 1.54) is 13.2 Å². The maximum Gasteiger partial charge on any atom is 0.322 e. The fraction of sp³-hybridized carbons (Fsp3) is 0.583. The smallest absolute Gasteiger partial charge is 0.322 e. The highest BCUT2D eigenvalue weighted by Crippen LogP contribution is 2.35. The molecular formula is C12H17NO6S2. The quantitative estimate of drug-likeness (QED) is 0.834. The first-order valence-corrected chi connectivity index (χ1v) is 8.71. The first-order valence-electron chi connectivity index (χ1n) is 6.39. The SMILES string of the molecule is CCO[C@@H]1C[C@@H](C(=O)O)N(S(=O)(=O)c2ccsc2OC)C1. The molecule has 2 heterocycles. The van der Waals surface area contributed by atoms with E-state index in [-0.39, 0.29) is 22.9 Å². The van der Waals surface area contributed by atoms with Crippen molar-refractivity contribution >= 4 is 27.3 Å². The van der Waals surface area contributed by atoms with Gasteiger partial charge in [0.2, 0.25) is 10.0 Å². The van der Waals surface area contributed by atoms with Gasteiger partial charge in [-0.3, -0.25) is 4.79 Å². The number of carbonyl (C=O) groups is 1. The van der Waals surface area contributed by atoms with Gasteiger partial charge >= 0.3 is 5.97 Å². The summed E-state index contributed by atoms with van der Waals surface area (Å²) < 4.78 is 36.8. The molecule has 0 saturated carbocycles. The second kappa shape index (κ2) is 6.30. The van der Waals surface area contributed by atoms with E-state index in [9.17, 15) is 18.3 Å². The average Bonchev–Trinajstić information content (AvgIpc) is 3.05. The third-order valence-electron chi connectivity index (χ3n) is 3.27. The molecule has 1 aliphatic rings. The summed E-state index contributed by atoms with van der Waals surface area (Å²) in [4.78, 5) is 11.3. The Bertz CT molecular complexity index is 611. The van der Waals surface area contributed by atoms with Gasteiger partial charge in [-0.1, -0.05) is 0 Å². The molecule has 7 nitrogen and oxygen atoms in total. The van der Waals surface area contributed by atoms with Gasteiger partial charge in [0.15, 0.2) is 5.06 Å². The van der Waals surface area contributed by atoms with Crippen LogP contribution < -0.4 is 4.74 Å². The summed E-state index contributed by atoms with van der Waals surface area (Å²) in [6.45, 7) is 2.23. The summed E-state index contributed by atoms with van der Waals surface area (Å²) in [5.74, 6) is -1.17. The Kier molecular flexibility index (Phi) is 4.87. The zero-order valence-electron chi connectivity index (χ0n) is 11.7. The molecule has 21 heavy (non-hydrogen) atoms. The summed E-state index contributed by atoms with van der Waals surface area (Å²) in [5, 5.41) is 11.1. The van der Waals surface area contributed by atoms with Crippen LogP contribution in [0.2, 0.25) is 0 Å². The maximum absolute atomic E-state index is 12.7. The summed E-state index contributed by atoms with van der Waals surface area (Å²) in [5.41, 5.74) is 0. The predicted molar refractivity (Wildman–Crippen MR) is 76.2 cm³/mol. The van der Waals surface area contributed by atoms with E-state index in [0.717, 1.165) is 15.6 Å². The number of thiophene rings is 1. The number of hydrogen-bond donors (Lipinski definition) is 1. The van der Waals surface area contributed by atoms with Crippen LogP contribution in [0.4, 0.5) is 0 Å².